The first-order valence-corrected chi connectivity index (χ1v) is 6.41. The topological polar surface area (TPSA) is 26.3 Å². The maximum atomic E-state index is 10.7. The summed E-state index contributed by atoms with van der Waals surface area (Å²) < 4.78 is 6.00. The molecule has 2 heterocycles. The Morgan fingerprint density at radius 1 is 1.53 bits per heavy atom. The van der Waals surface area contributed by atoms with E-state index in [1.54, 1.807) is 0 Å². The summed E-state index contributed by atoms with van der Waals surface area (Å²) in [7, 11) is 0. The van der Waals surface area contributed by atoms with Crippen molar-refractivity contribution in [2.75, 3.05) is 6.61 Å². The van der Waals surface area contributed by atoms with E-state index in [2.05, 4.69) is 5.38 Å². The maximum absolute atomic E-state index is 10.7. The van der Waals surface area contributed by atoms with Crippen LogP contribution in [-0.4, -0.2) is 12.9 Å². The first-order valence-electron chi connectivity index (χ1n) is 5.53. The highest BCUT2D eigenvalue weighted by atomic mass is 32.1. The van der Waals surface area contributed by atoms with Crippen molar-refractivity contribution in [1.82, 2.24) is 0 Å². The Labute approximate surface area is 93.3 Å². The minimum atomic E-state index is -0.0300. The number of rotatable bonds is 3. The number of aldehydes is 1. The van der Waals surface area contributed by atoms with E-state index in [0.717, 1.165) is 30.6 Å². The predicted molar refractivity (Wildman–Crippen MR) is 59.3 cm³/mol. The molecule has 0 radical (unpaired) electrons. The molecule has 2 nitrogen and oxygen atoms in total. The van der Waals surface area contributed by atoms with Crippen molar-refractivity contribution in [3.63, 3.8) is 0 Å². The van der Waals surface area contributed by atoms with Gasteiger partial charge in [0.05, 0.1) is 10.5 Å². The molecule has 1 aromatic heterocycles. The Bertz CT molecular complexity index is 373. The van der Waals surface area contributed by atoms with Crippen LogP contribution in [0.2, 0.25) is 0 Å². The van der Waals surface area contributed by atoms with Crippen LogP contribution >= 0.6 is 11.3 Å². The molecule has 15 heavy (non-hydrogen) atoms. The molecule has 1 aliphatic carbocycles. The average Bonchev–Trinajstić information content (AvgIpc) is 2.85. The molecule has 0 amide bonds. The molecular formula is C12H14O2S. The molecule has 0 spiro atoms. The molecule has 1 atom stereocenters. The largest absolute Gasteiger partial charge is 0.370 e. The van der Waals surface area contributed by atoms with Gasteiger partial charge in [-0.2, -0.15) is 0 Å². The molecule has 0 aromatic carbocycles. The van der Waals surface area contributed by atoms with Gasteiger partial charge in [-0.05, 0) is 48.6 Å². The van der Waals surface area contributed by atoms with E-state index in [0.29, 0.717) is 5.92 Å². The first-order chi connectivity index (χ1) is 7.35. The number of carbonyl (C=O) groups is 1. The third-order valence-electron chi connectivity index (χ3n) is 3.51. The van der Waals surface area contributed by atoms with Gasteiger partial charge < -0.3 is 4.74 Å². The highest BCUT2D eigenvalue weighted by Gasteiger charge is 2.49. The number of carbonyl (C=O) groups excluding carboxylic acids is 1. The maximum Gasteiger partial charge on any atom is 0.160 e. The summed E-state index contributed by atoms with van der Waals surface area (Å²) in [5.74, 6) is 0.703. The molecule has 2 aliphatic rings. The monoisotopic (exact) mass is 222 g/mol. The lowest BCUT2D eigenvalue weighted by molar-refractivity contribution is -0.0190. The van der Waals surface area contributed by atoms with Crippen molar-refractivity contribution < 1.29 is 9.53 Å². The van der Waals surface area contributed by atoms with Gasteiger partial charge in [0.2, 0.25) is 0 Å². The number of hydrogen-bond donors (Lipinski definition) is 0. The van der Waals surface area contributed by atoms with Crippen LogP contribution in [-0.2, 0) is 10.3 Å². The van der Waals surface area contributed by atoms with Crippen LogP contribution in [0.25, 0.3) is 0 Å². The van der Waals surface area contributed by atoms with E-state index in [9.17, 15) is 4.79 Å². The number of thiophene rings is 1. The predicted octanol–water partition coefficient (Wildman–Crippen LogP) is 2.98. The summed E-state index contributed by atoms with van der Waals surface area (Å²) in [5, 5.41) is 2.10. The van der Waals surface area contributed by atoms with Gasteiger partial charge >= 0.3 is 0 Å². The zero-order chi connectivity index (χ0) is 10.3. The molecule has 1 aliphatic heterocycles. The van der Waals surface area contributed by atoms with E-state index in [1.165, 1.54) is 29.7 Å². The van der Waals surface area contributed by atoms with Gasteiger partial charge in [-0.1, -0.05) is 0 Å². The third-order valence-corrected chi connectivity index (χ3v) is 4.37. The lowest BCUT2D eigenvalue weighted by atomic mass is 9.88. The summed E-state index contributed by atoms with van der Waals surface area (Å²) in [5.41, 5.74) is 1.22. The van der Waals surface area contributed by atoms with Crippen molar-refractivity contribution in [1.29, 1.82) is 0 Å². The van der Waals surface area contributed by atoms with Crippen LogP contribution < -0.4 is 0 Å². The van der Waals surface area contributed by atoms with E-state index in [4.69, 9.17) is 4.74 Å². The van der Waals surface area contributed by atoms with Crippen molar-refractivity contribution in [2.45, 2.75) is 31.3 Å². The molecule has 1 unspecified atom stereocenters. The van der Waals surface area contributed by atoms with Gasteiger partial charge in [-0.25, -0.2) is 0 Å². The molecule has 2 fully saturated rings. The van der Waals surface area contributed by atoms with E-state index < -0.39 is 0 Å². The van der Waals surface area contributed by atoms with Crippen molar-refractivity contribution in [3.05, 3.63) is 21.9 Å². The van der Waals surface area contributed by atoms with Crippen LogP contribution in [0, 0.1) is 5.92 Å². The Morgan fingerprint density at radius 2 is 2.40 bits per heavy atom. The summed E-state index contributed by atoms with van der Waals surface area (Å²) >= 11 is 1.53. The number of ether oxygens (including phenoxy) is 1. The summed E-state index contributed by atoms with van der Waals surface area (Å²) in [6, 6.07) is 2.02. The fourth-order valence-corrected chi connectivity index (χ4v) is 3.41. The molecule has 1 saturated heterocycles. The van der Waals surface area contributed by atoms with Crippen molar-refractivity contribution in [2.24, 2.45) is 5.92 Å². The zero-order valence-corrected chi connectivity index (χ0v) is 9.39. The molecular weight excluding hydrogens is 208 g/mol. The van der Waals surface area contributed by atoms with Crippen LogP contribution in [0.4, 0.5) is 0 Å². The normalized spacial score (nSPS) is 30.7. The Balaban J connectivity index is 1.97. The SMILES string of the molecule is O=Cc1cc(C2(C3CC3)CCCO2)cs1. The van der Waals surface area contributed by atoms with Crippen molar-refractivity contribution in [3.8, 4) is 0 Å². The second-order valence-electron chi connectivity index (χ2n) is 4.47. The Hall–Kier alpha value is -0.670. The molecule has 3 heteroatoms. The van der Waals surface area contributed by atoms with Crippen LogP contribution in [0.1, 0.15) is 40.9 Å². The molecule has 0 N–H and O–H groups in total. The quantitative estimate of drug-likeness (QED) is 0.735. The fraction of sp³-hybridized carbons (Fsp3) is 0.583. The lowest BCUT2D eigenvalue weighted by Crippen LogP contribution is -2.26. The standard InChI is InChI=1S/C12H14O2S/c13-7-11-6-10(8-15-11)12(9-2-3-9)4-1-5-14-12/h6-9H,1-5H2. The van der Waals surface area contributed by atoms with Gasteiger partial charge in [-0.15, -0.1) is 11.3 Å². The Morgan fingerprint density at radius 3 is 2.93 bits per heavy atom. The summed E-state index contributed by atoms with van der Waals surface area (Å²) in [4.78, 5) is 11.5. The number of hydrogen-bond acceptors (Lipinski definition) is 3. The van der Waals surface area contributed by atoms with Gasteiger partial charge in [0.25, 0.3) is 0 Å². The smallest absolute Gasteiger partial charge is 0.160 e. The fourth-order valence-electron chi connectivity index (χ4n) is 2.63. The van der Waals surface area contributed by atoms with Gasteiger partial charge in [0.1, 0.15) is 0 Å². The highest BCUT2D eigenvalue weighted by molar-refractivity contribution is 7.11. The van der Waals surface area contributed by atoms with Gasteiger partial charge in [-0.3, -0.25) is 4.79 Å². The van der Waals surface area contributed by atoms with Crippen molar-refractivity contribution >= 4 is 17.6 Å². The molecule has 1 aromatic rings. The van der Waals surface area contributed by atoms with Crippen LogP contribution in [0.5, 0.6) is 0 Å². The Kier molecular flexibility index (Phi) is 2.18. The molecule has 1 saturated carbocycles. The van der Waals surface area contributed by atoms with E-state index >= 15 is 0 Å². The van der Waals surface area contributed by atoms with E-state index in [-0.39, 0.29) is 5.60 Å². The second kappa shape index (κ2) is 3.42. The van der Waals surface area contributed by atoms with E-state index in [1.807, 2.05) is 6.07 Å². The molecule has 0 bridgehead atoms. The van der Waals surface area contributed by atoms with Crippen LogP contribution in [0.3, 0.4) is 0 Å². The third kappa shape index (κ3) is 1.45. The molecule has 80 valence electrons. The lowest BCUT2D eigenvalue weighted by Gasteiger charge is -2.27. The first kappa shape index (κ1) is 9.55. The minimum absolute atomic E-state index is 0.0300. The zero-order valence-electron chi connectivity index (χ0n) is 8.57. The second-order valence-corrected chi connectivity index (χ2v) is 5.41. The average molecular weight is 222 g/mol. The summed E-state index contributed by atoms with van der Waals surface area (Å²) in [6.07, 6.45) is 5.79. The molecule has 3 rings (SSSR count). The van der Waals surface area contributed by atoms with Crippen LogP contribution in [0.15, 0.2) is 11.4 Å². The summed E-state index contributed by atoms with van der Waals surface area (Å²) in [6.45, 7) is 0.878. The minimum Gasteiger partial charge on any atom is -0.370 e. The van der Waals surface area contributed by atoms with Gasteiger partial charge in [0.15, 0.2) is 6.29 Å². The van der Waals surface area contributed by atoms with Gasteiger partial charge in [0, 0.05) is 6.61 Å². The highest BCUT2D eigenvalue weighted by Crippen LogP contribution is 2.53.